The molecule has 0 aliphatic rings. The minimum atomic E-state index is -4.59. The molecule has 0 atom stereocenters. The van der Waals surface area contributed by atoms with Crippen molar-refractivity contribution in [1.29, 1.82) is 0 Å². The number of amides is 1. The molecule has 21 heavy (non-hydrogen) atoms. The Morgan fingerprint density at radius 1 is 1.43 bits per heavy atom. The molecule has 0 spiro atoms. The van der Waals surface area contributed by atoms with Gasteiger partial charge in [-0.15, -0.1) is 11.3 Å². The van der Waals surface area contributed by atoms with Crippen molar-refractivity contribution in [2.45, 2.75) is 19.6 Å². The highest BCUT2D eigenvalue weighted by molar-refractivity contribution is 7.09. The van der Waals surface area contributed by atoms with Crippen molar-refractivity contribution in [2.24, 2.45) is 0 Å². The van der Waals surface area contributed by atoms with Crippen LogP contribution in [0.5, 0.6) is 0 Å². The molecule has 2 rings (SSSR count). The normalized spacial score (nSPS) is 11.4. The number of benzene rings is 1. The Morgan fingerprint density at radius 3 is 2.71 bits per heavy atom. The molecular formula is C13H12F3N3OS. The maximum Gasteiger partial charge on any atom is 0.418 e. The van der Waals surface area contributed by atoms with Crippen molar-refractivity contribution >= 4 is 22.9 Å². The zero-order valence-electron chi connectivity index (χ0n) is 11.0. The van der Waals surface area contributed by atoms with E-state index in [0.717, 1.165) is 22.7 Å². The van der Waals surface area contributed by atoms with Crippen LogP contribution in [-0.2, 0) is 12.7 Å². The van der Waals surface area contributed by atoms with Gasteiger partial charge >= 0.3 is 6.18 Å². The first kappa shape index (κ1) is 15.3. The minimum Gasteiger partial charge on any atom is -0.398 e. The summed E-state index contributed by atoms with van der Waals surface area (Å²) in [5.74, 6) is -0.647. The number of nitrogens with two attached hydrogens (primary N) is 1. The summed E-state index contributed by atoms with van der Waals surface area (Å²) in [7, 11) is 0. The van der Waals surface area contributed by atoms with Crippen LogP contribution in [0, 0.1) is 6.92 Å². The summed E-state index contributed by atoms with van der Waals surface area (Å²) in [6, 6.07) is 3.27. The number of nitrogens with one attached hydrogen (secondary N) is 1. The second kappa shape index (κ2) is 5.72. The Bertz CT molecular complexity index is 667. The largest absolute Gasteiger partial charge is 0.418 e. The fraction of sp³-hybridized carbons (Fsp3) is 0.231. The number of carbonyl (C=O) groups is 1. The van der Waals surface area contributed by atoms with Crippen LogP contribution >= 0.6 is 11.3 Å². The van der Waals surface area contributed by atoms with E-state index in [0.29, 0.717) is 0 Å². The van der Waals surface area contributed by atoms with E-state index in [4.69, 9.17) is 5.73 Å². The summed E-state index contributed by atoms with van der Waals surface area (Å²) in [5.41, 5.74) is 6.10. The van der Waals surface area contributed by atoms with Gasteiger partial charge in [-0.25, -0.2) is 4.98 Å². The van der Waals surface area contributed by atoms with E-state index in [1.807, 2.05) is 0 Å². The number of halogens is 3. The van der Waals surface area contributed by atoms with Gasteiger partial charge < -0.3 is 11.1 Å². The third-order valence-corrected chi connectivity index (χ3v) is 3.85. The highest BCUT2D eigenvalue weighted by Gasteiger charge is 2.34. The third-order valence-electron chi connectivity index (χ3n) is 2.91. The van der Waals surface area contributed by atoms with Crippen LogP contribution in [0.2, 0.25) is 0 Å². The SMILES string of the molecule is Cc1ncsc1CNC(=O)c1cccc(C(F)(F)F)c1N. The average Bonchev–Trinajstić information content (AvgIpc) is 2.80. The fourth-order valence-electron chi connectivity index (χ4n) is 1.76. The molecule has 2 aromatic rings. The Hall–Kier alpha value is -2.09. The number of hydrogen-bond donors (Lipinski definition) is 2. The number of carbonyl (C=O) groups excluding carboxylic acids is 1. The molecular weight excluding hydrogens is 303 g/mol. The third kappa shape index (κ3) is 3.33. The lowest BCUT2D eigenvalue weighted by atomic mass is 10.1. The molecule has 0 saturated carbocycles. The summed E-state index contributed by atoms with van der Waals surface area (Å²) in [5, 5.41) is 2.55. The van der Waals surface area contributed by atoms with E-state index >= 15 is 0 Å². The quantitative estimate of drug-likeness (QED) is 0.856. The van der Waals surface area contributed by atoms with Crippen LogP contribution < -0.4 is 11.1 Å². The number of nitrogens with zero attached hydrogens (tertiary/aromatic N) is 1. The van der Waals surface area contributed by atoms with Gasteiger partial charge in [0.1, 0.15) is 0 Å². The van der Waals surface area contributed by atoms with Gasteiger partial charge in [-0.2, -0.15) is 13.2 Å². The lowest BCUT2D eigenvalue weighted by Gasteiger charge is -2.13. The highest BCUT2D eigenvalue weighted by atomic mass is 32.1. The molecule has 112 valence electrons. The summed E-state index contributed by atoms with van der Waals surface area (Å²) >= 11 is 1.36. The van der Waals surface area contributed by atoms with Gasteiger partial charge in [0.2, 0.25) is 0 Å². The summed E-state index contributed by atoms with van der Waals surface area (Å²) in [6.07, 6.45) is -4.59. The molecule has 4 nitrogen and oxygen atoms in total. The summed E-state index contributed by atoms with van der Waals surface area (Å²) < 4.78 is 38.2. The van der Waals surface area contributed by atoms with Crippen LogP contribution in [-0.4, -0.2) is 10.9 Å². The number of anilines is 1. The average molecular weight is 315 g/mol. The van der Waals surface area contributed by atoms with Crippen molar-refractivity contribution in [3.05, 3.63) is 45.4 Å². The van der Waals surface area contributed by atoms with E-state index in [1.165, 1.54) is 17.4 Å². The second-order valence-corrected chi connectivity index (χ2v) is 5.25. The zero-order chi connectivity index (χ0) is 15.6. The number of hydrogen-bond acceptors (Lipinski definition) is 4. The first-order valence-corrected chi connectivity index (χ1v) is 6.81. The predicted octanol–water partition coefficient (Wildman–Crippen LogP) is 2.98. The second-order valence-electron chi connectivity index (χ2n) is 4.31. The van der Waals surface area contributed by atoms with Crippen molar-refractivity contribution in [2.75, 3.05) is 5.73 Å². The molecule has 0 saturated heterocycles. The van der Waals surface area contributed by atoms with Crippen LogP contribution in [0.4, 0.5) is 18.9 Å². The molecule has 8 heteroatoms. The predicted molar refractivity (Wildman–Crippen MR) is 73.9 cm³/mol. The molecule has 3 N–H and O–H groups in total. The molecule has 0 radical (unpaired) electrons. The van der Waals surface area contributed by atoms with Crippen molar-refractivity contribution in [3.63, 3.8) is 0 Å². The Kier molecular flexibility index (Phi) is 4.17. The van der Waals surface area contributed by atoms with E-state index in [-0.39, 0.29) is 12.1 Å². The van der Waals surface area contributed by atoms with Crippen LogP contribution in [0.25, 0.3) is 0 Å². The van der Waals surface area contributed by atoms with Gasteiger partial charge in [0.05, 0.1) is 34.6 Å². The lowest BCUT2D eigenvalue weighted by molar-refractivity contribution is -0.136. The van der Waals surface area contributed by atoms with Gasteiger partial charge in [-0.1, -0.05) is 6.07 Å². The number of alkyl halides is 3. The highest BCUT2D eigenvalue weighted by Crippen LogP contribution is 2.34. The zero-order valence-corrected chi connectivity index (χ0v) is 11.8. The summed E-state index contributed by atoms with van der Waals surface area (Å²) in [6.45, 7) is 1.99. The molecule has 1 amide bonds. The van der Waals surface area contributed by atoms with Crippen molar-refractivity contribution < 1.29 is 18.0 Å². The maximum atomic E-state index is 12.7. The minimum absolute atomic E-state index is 0.188. The molecule has 0 bridgehead atoms. The van der Waals surface area contributed by atoms with Crippen molar-refractivity contribution in [1.82, 2.24) is 10.3 Å². The number of thiazole rings is 1. The van der Waals surface area contributed by atoms with Crippen LogP contribution in [0.3, 0.4) is 0 Å². The Morgan fingerprint density at radius 2 is 2.14 bits per heavy atom. The summed E-state index contributed by atoms with van der Waals surface area (Å²) in [4.78, 5) is 16.8. The van der Waals surface area contributed by atoms with Gasteiger partial charge in [0.15, 0.2) is 0 Å². The lowest BCUT2D eigenvalue weighted by Crippen LogP contribution is -2.25. The van der Waals surface area contributed by atoms with Gasteiger partial charge in [-0.05, 0) is 19.1 Å². The fourth-order valence-corrected chi connectivity index (χ4v) is 2.48. The topological polar surface area (TPSA) is 68.0 Å². The molecule has 0 fully saturated rings. The van der Waals surface area contributed by atoms with Gasteiger partial charge in [0, 0.05) is 4.88 Å². The first-order valence-electron chi connectivity index (χ1n) is 5.93. The molecule has 0 aliphatic heterocycles. The molecule has 1 aromatic heterocycles. The van der Waals surface area contributed by atoms with Crippen molar-refractivity contribution in [3.8, 4) is 0 Å². The van der Waals surface area contributed by atoms with E-state index in [1.54, 1.807) is 12.4 Å². The Labute approximate surface area is 122 Å². The smallest absolute Gasteiger partial charge is 0.398 e. The molecule has 1 heterocycles. The molecule has 0 unspecified atom stereocenters. The number of rotatable bonds is 3. The van der Waals surface area contributed by atoms with Crippen LogP contribution in [0.1, 0.15) is 26.5 Å². The monoisotopic (exact) mass is 315 g/mol. The number of para-hydroxylation sites is 1. The van der Waals surface area contributed by atoms with E-state index in [2.05, 4.69) is 10.3 Å². The van der Waals surface area contributed by atoms with E-state index < -0.39 is 23.3 Å². The number of nitrogen functional groups attached to an aromatic ring is 1. The molecule has 1 aromatic carbocycles. The maximum absolute atomic E-state index is 12.7. The number of aromatic nitrogens is 1. The van der Waals surface area contributed by atoms with Gasteiger partial charge in [-0.3, -0.25) is 4.79 Å². The number of aryl methyl sites for hydroxylation is 1. The van der Waals surface area contributed by atoms with Crippen LogP contribution in [0.15, 0.2) is 23.7 Å². The standard InChI is InChI=1S/C13H12F3N3OS/c1-7-10(21-6-19-7)5-18-12(20)8-3-2-4-9(11(8)17)13(14,15)16/h2-4,6H,5,17H2,1H3,(H,18,20). The van der Waals surface area contributed by atoms with Gasteiger partial charge in [0.25, 0.3) is 5.91 Å². The first-order chi connectivity index (χ1) is 9.80. The Balaban J connectivity index is 2.18. The molecule has 0 aliphatic carbocycles. The van der Waals surface area contributed by atoms with E-state index in [9.17, 15) is 18.0 Å².